The molecule has 0 aliphatic carbocycles. The summed E-state index contributed by atoms with van der Waals surface area (Å²) in [6.07, 6.45) is 0.480. The highest BCUT2D eigenvalue weighted by Crippen LogP contribution is 2.28. The lowest BCUT2D eigenvalue weighted by Crippen LogP contribution is -2.47. The first-order valence-corrected chi connectivity index (χ1v) is 9.33. The number of hydrogen-bond donors (Lipinski definition) is 1. The number of nitrogens with zero attached hydrogens (tertiary/aromatic N) is 4. The number of benzene rings is 1. The molecular formula is C20H27N5O2. The lowest BCUT2D eigenvalue weighted by Gasteiger charge is -2.37. The van der Waals surface area contributed by atoms with Gasteiger partial charge in [0.05, 0.1) is 12.8 Å². The number of rotatable bonds is 6. The molecule has 0 radical (unpaired) electrons. The van der Waals surface area contributed by atoms with Crippen molar-refractivity contribution < 1.29 is 9.53 Å². The molecule has 1 amide bonds. The predicted molar refractivity (Wildman–Crippen MR) is 108 cm³/mol. The Morgan fingerprint density at radius 2 is 1.78 bits per heavy atom. The van der Waals surface area contributed by atoms with Gasteiger partial charge < -0.3 is 19.9 Å². The molecule has 1 N–H and O–H groups in total. The van der Waals surface area contributed by atoms with Crippen molar-refractivity contribution in [1.82, 2.24) is 10.2 Å². The highest BCUT2D eigenvalue weighted by molar-refractivity contribution is 5.89. The van der Waals surface area contributed by atoms with E-state index in [2.05, 4.69) is 31.4 Å². The van der Waals surface area contributed by atoms with Crippen molar-refractivity contribution in [3.05, 3.63) is 36.4 Å². The van der Waals surface area contributed by atoms with Gasteiger partial charge in [-0.15, -0.1) is 10.2 Å². The summed E-state index contributed by atoms with van der Waals surface area (Å²) in [6.45, 7) is 7.50. The molecule has 1 aliphatic heterocycles. The zero-order valence-electron chi connectivity index (χ0n) is 16.2. The number of carbonyl (C=O) groups excluding carboxylic acids is 1. The Bertz CT molecular complexity index is 755. The van der Waals surface area contributed by atoms with E-state index >= 15 is 0 Å². The highest BCUT2D eigenvalue weighted by Gasteiger charge is 2.20. The Kier molecular flexibility index (Phi) is 6.11. The summed E-state index contributed by atoms with van der Waals surface area (Å²) in [5.41, 5.74) is 1.12. The summed E-state index contributed by atoms with van der Waals surface area (Å²) in [5, 5.41) is 11.2. The van der Waals surface area contributed by atoms with E-state index in [0.29, 0.717) is 18.2 Å². The van der Waals surface area contributed by atoms with Gasteiger partial charge in [0.2, 0.25) is 5.91 Å². The van der Waals surface area contributed by atoms with Gasteiger partial charge in [-0.05, 0) is 30.2 Å². The van der Waals surface area contributed by atoms with Crippen molar-refractivity contribution in [3.63, 3.8) is 0 Å². The number of methoxy groups -OCH3 is 1. The van der Waals surface area contributed by atoms with Crippen molar-refractivity contribution in [1.29, 1.82) is 0 Å². The standard InChI is InChI=1S/C20H27N5O2/c1-15(2)14-20(26)21-18-8-9-19(23-22-18)25-12-10-24(11-13-25)16-6-4-5-7-17(16)27-3/h4-9,15H,10-14H2,1-3H3,(H,21,22,26). The van der Waals surface area contributed by atoms with Gasteiger partial charge in [-0.1, -0.05) is 26.0 Å². The zero-order valence-corrected chi connectivity index (χ0v) is 16.2. The van der Waals surface area contributed by atoms with E-state index in [0.717, 1.165) is 43.4 Å². The van der Waals surface area contributed by atoms with E-state index in [1.807, 2.05) is 44.2 Å². The molecule has 7 heteroatoms. The average molecular weight is 369 g/mol. The molecule has 3 rings (SSSR count). The molecule has 0 spiro atoms. The second kappa shape index (κ2) is 8.70. The molecule has 1 aromatic carbocycles. The molecule has 7 nitrogen and oxygen atoms in total. The lowest BCUT2D eigenvalue weighted by atomic mass is 10.1. The van der Waals surface area contributed by atoms with Crippen LogP contribution < -0.4 is 19.9 Å². The fourth-order valence-corrected chi connectivity index (χ4v) is 3.19. The van der Waals surface area contributed by atoms with Crippen LogP contribution in [0.1, 0.15) is 20.3 Å². The smallest absolute Gasteiger partial charge is 0.225 e. The van der Waals surface area contributed by atoms with Gasteiger partial charge in [-0.2, -0.15) is 0 Å². The molecule has 0 bridgehead atoms. The first-order chi connectivity index (χ1) is 13.1. The first kappa shape index (κ1) is 18.9. The summed E-state index contributed by atoms with van der Waals surface area (Å²) in [6, 6.07) is 11.8. The van der Waals surface area contributed by atoms with E-state index in [1.165, 1.54) is 0 Å². The molecule has 1 saturated heterocycles. The van der Waals surface area contributed by atoms with Gasteiger partial charge in [0.1, 0.15) is 5.75 Å². The van der Waals surface area contributed by atoms with Crippen LogP contribution in [0.3, 0.4) is 0 Å². The number of hydrogen-bond acceptors (Lipinski definition) is 6. The fourth-order valence-electron chi connectivity index (χ4n) is 3.19. The molecule has 2 aromatic rings. The van der Waals surface area contributed by atoms with Crippen LogP contribution in [-0.2, 0) is 4.79 Å². The summed E-state index contributed by atoms with van der Waals surface area (Å²) in [4.78, 5) is 16.4. The number of amides is 1. The maximum absolute atomic E-state index is 11.8. The Labute approximate surface area is 160 Å². The zero-order chi connectivity index (χ0) is 19.2. The number of ether oxygens (including phenoxy) is 1. The number of piperazine rings is 1. The van der Waals surface area contributed by atoms with Crippen molar-refractivity contribution in [3.8, 4) is 5.75 Å². The van der Waals surface area contributed by atoms with Gasteiger partial charge in [0.15, 0.2) is 11.6 Å². The molecule has 144 valence electrons. The third-order valence-electron chi connectivity index (χ3n) is 4.54. The molecule has 27 heavy (non-hydrogen) atoms. The third kappa shape index (κ3) is 4.87. The van der Waals surface area contributed by atoms with E-state index in [1.54, 1.807) is 7.11 Å². The summed E-state index contributed by atoms with van der Waals surface area (Å²) in [5.74, 6) is 2.51. The number of carbonyl (C=O) groups is 1. The number of aromatic nitrogens is 2. The minimum atomic E-state index is -0.0301. The number of nitrogens with one attached hydrogen (secondary N) is 1. The van der Waals surface area contributed by atoms with Crippen molar-refractivity contribution in [2.45, 2.75) is 20.3 Å². The molecule has 1 aliphatic rings. The van der Waals surface area contributed by atoms with Crippen LogP contribution in [0.4, 0.5) is 17.3 Å². The van der Waals surface area contributed by atoms with Crippen molar-refractivity contribution in [2.75, 3.05) is 48.4 Å². The second-order valence-electron chi connectivity index (χ2n) is 7.07. The molecule has 0 atom stereocenters. The Morgan fingerprint density at radius 1 is 1.07 bits per heavy atom. The van der Waals surface area contributed by atoms with Crippen LogP contribution in [-0.4, -0.2) is 49.4 Å². The van der Waals surface area contributed by atoms with Gasteiger partial charge in [0.25, 0.3) is 0 Å². The van der Waals surface area contributed by atoms with Crippen LogP contribution in [0.5, 0.6) is 5.75 Å². The Hall–Kier alpha value is -2.83. The topological polar surface area (TPSA) is 70.6 Å². The monoisotopic (exact) mass is 369 g/mol. The maximum Gasteiger partial charge on any atom is 0.225 e. The van der Waals surface area contributed by atoms with Gasteiger partial charge in [-0.3, -0.25) is 4.79 Å². The highest BCUT2D eigenvalue weighted by atomic mass is 16.5. The van der Waals surface area contributed by atoms with Gasteiger partial charge in [-0.25, -0.2) is 0 Å². The summed E-state index contributed by atoms with van der Waals surface area (Å²) < 4.78 is 5.47. The van der Waals surface area contributed by atoms with E-state index < -0.39 is 0 Å². The molecule has 2 heterocycles. The predicted octanol–water partition coefficient (Wildman–Crippen LogP) is 2.80. The SMILES string of the molecule is COc1ccccc1N1CCN(c2ccc(NC(=O)CC(C)C)nn2)CC1. The van der Waals surface area contributed by atoms with Gasteiger partial charge in [0, 0.05) is 32.6 Å². The van der Waals surface area contributed by atoms with Gasteiger partial charge >= 0.3 is 0 Å². The summed E-state index contributed by atoms with van der Waals surface area (Å²) >= 11 is 0. The van der Waals surface area contributed by atoms with Crippen molar-refractivity contribution >= 4 is 23.2 Å². The van der Waals surface area contributed by atoms with Crippen LogP contribution in [0.15, 0.2) is 36.4 Å². The molecule has 1 aromatic heterocycles. The van der Waals surface area contributed by atoms with E-state index in [9.17, 15) is 4.79 Å². The van der Waals surface area contributed by atoms with E-state index in [-0.39, 0.29) is 5.91 Å². The van der Waals surface area contributed by atoms with Crippen LogP contribution in [0.2, 0.25) is 0 Å². The minimum absolute atomic E-state index is 0.0301. The largest absolute Gasteiger partial charge is 0.495 e. The van der Waals surface area contributed by atoms with Crippen molar-refractivity contribution in [2.24, 2.45) is 5.92 Å². The van der Waals surface area contributed by atoms with Crippen LogP contribution in [0, 0.1) is 5.92 Å². The van der Waals surface area contributed by atoms with Crippen LogP contribution >= 0.6 is 0 Å². The number of para-hydroxylation sites is 2. The normalized spacial score (nSPS) is 14.4. The Balaban J connectivity index is 1.57. The van der Waals surface area contributed by atoms with Crippen LogP contribution in [0.25, 0.3) is 0 Å². The number of anilines is 3. The van der Waals surface area contributed by atoms with E-state index in [4.69, 9.17) is 4.74 Å². The lowest BCUT2D eigenvalue weighted by molar-refractivity contribution is -0.116. The average Bonchev–Trinajstić information content (AvgIpc) is 2.68. The minimum Gasteiger partial charge on any atom is -0.495 e. The maximum atomic E-state index is 11.8. The molecular weight excluding hydrogens is 342 g/mol. The summed E-state index contributed by atoms with van der Waals surface area (Å²) in [7, 11) is 1.70. The second-order valence-corrected chi connectivity index (χ2v) is 7.07. The first-order valence-electron chi connectivity index (χ1n) is 9.33. The third-order valence-corrected chi connectivity index (χ3v) is 4.54. The Morgan fingerprint density at radius 3 is 2.41 bits per heavy atom. The quantitative estimate of drug-likeness (QED) is 0.844. The molecule has 0 saturated carbocycles. The molecule has 1 fully saturated rings. The fraction of sp³-hybridized carbons (Fsp3) is 0.450. The molecule has 0 unspecified atom stereocenters.